The summed E-state index contributed by atoms with van der Waals surface area (Å²) in [6, 6.07) is 5.84. The van der Waals surface area contributed by atoms with Gasteiger partial charge in [-0.2, -0.15) is 0 Å². The highest BCUT2D eigenvalue weighted by atomic mass is 35.5. The van der Waals surface area contributed by atoms with Crippen molar-refractivity contribution >= 4 is 35.1 Å². The van der Waals surface area contributed by atoms with Crippen molar-refractivity contribution in [3.8, 4) is 0 Å². The number of benzene rings is 1. The van der Waals surface area contributed by atoms with E-state index in [2.05, 4.69) is 0 Å². The summed E-state index contributed by atoms with van der Waals surface area (Å²) in [7, 11) is 0. The number of nitrogens with zero attached hydrogens (tertiary/aromatic N) is 1. The van der Waals surface area contributed by atoms with Crippen LogP contribution >= 0.6 is 11.6 Å². The lowest BCUT2D eigenvalue weighted by atomic mass is 9.85. The lowest BCUT2D eigenvalue weighted by molar-refractivity contribution is -0.122. The van der Waals surface area contributed by atoms with Gasteiger partial charge in [-0.1, -0.05) is 23.7 Å². The highest BCUT2D eigenvalue weighted by Gasteiger charge is 2.49. The fraction of sp³-hybridized carbons (Fsp3) is 0.267. The fourth-order valence-electron chi connectivity index (χ4n) is 2.86. The predicted octanol–water partition coefficient (Wildman–Crippen LogP) is 2.41. The monoisotopic (exact) mass is 305 g/mol. The van der Waals surface area contributed by atoms with Crippen LogP contribution in [0.1, 0.15) is 23.2 Å². The Labute approximate surface area is 125 Å². The highest BCUT2D eigenvalue weighted by molar-refractivity contribution is 6.30. The number of allylic oxidation sites excluding steroid dienone is 2. The fourth-order valence-corrected chi connectivity index (χ4v) is 3.12. The van der Waals surface area contributed by atoms with Crippen molar-refractivity contribution in [1.82, 2.24) is 0 Å². The molecule has 0 spiro atoms. The van der Waals surface area contributed by atoms with Gasteiger partial charge in [-0.3, -0.25) is 14.5 Å². The first-order valence-electron chi connectivity index (χ1n) is 6.54. The van der Waals surface area contributed by atoms with Crippen LogP contribution in [0.4, 0.5) is 5.69 Å². The molecule has 1 aliphatic heterocycles. The number of anilines is 1. The molecule has 1 N–H and O–H groups in total. The lowest BCUT2D eigenvalue weighted by Crippen LogP contribution is -2.31. The van der Waals surface area contributed by atoms with Gasteiger partial charge in [0.15, 0.2) is 0 Å². The van der Waals surface area contributed by atoms with Gasteiger partial charge < -0.3 is 5.11 Å². The predicted molar refractivity (Wildman–Crippen MR) is 76.0 cm³/mol. The summed E-state index contributed by atoms with van der Waals surface area (Å²) in [4.78, 5) is 37.0. The van der Waals surface area contributed by atoms with Crippen LogP contribution in [-0.4, -0.2) is 22.9 Å². The van der Waals surface area contributed by atoms with E-state index in [1.165, 1.54) is 18.2 Å². The lowest BCUT2D eigenvalue weighted by Gasteiger charge is -2.17. The van der Waals surface area contributed by atoms with Crippen LogP contribution in [-0.2, 0) is 9.59 Å². The largest absolute Gasteiger partial charge is 0.478 e. The Morgan fingerprint density at radius 3 is 2.67 bits per heavy atom. The van der Waals surface area contributed by atoms with Crippen LogP contribution in [0.5, 0.6) is 0 Å². The molecule has 3 rings (SSSR count). The Morgan fingerprint density at radius 2 is 1.95 bits per heavy atom. The maximum absolute atomic E-state index is 12.4. The van der Waals surface area contributed by atoms with Gasteiger partial charge in [0.1, 0.15) is 0 Å². The Morgan fingerprint density at radius 1 is 1.24 bits per heavy atom. The summed E-state index contributed by atoms with van der Waals surface area (Å²) in [5, 5.41) is 9.61. The SMILES string of the molecule is O=C(O)c1cccc(N2C(=O)[C@H]3CC(Cl)=CC[C@H]3C2=O)c1. The number of carboxylic acids is 1. The van der Waals surface area contributed by atoms with Crippen molar-refractivity contribution in [2.24, 2.45) is 11.8 Å². The number of carbonyl (C=O) groups is 3. The molecular formula is C15H12ClNO4. The van der Waals surface area contributed by atoms with E-state index in [0.29, 0.717) is 23.6 Å². The molecule has 5 nitrogen and oxygen atoms in total. The Bertz CT molecular complexity index is 682. The summed E-state index contributed by atoms with van der Waals surface area (Å²) in [6.45, 7) is 0. The molecule has 0 saturated carbocycles. The normalized spacial score (nSPS) is 24.8. The van der Waals surface area contributed by atoms with E-state index in [-0.39, 0.29) is 17.4 Å². The number of aromatic carboxylic acids is 1. The molecule has 0 unspecified atom stereocenters. The molecule has 1 heterocycles. The summed E-state index contributed by atoms with van der Waals surface area (Å²) >= 11 is 5.96. The first-order valence-corrected chi connectivity index (χ1v) is 6.92. The topological polar surface area (TPSA) is 74.7 Å². The number of fused-ring (bicyclic) bond motifs is 1. The molecule has 0 aromatic heterocycles. The van der Waals surface area contributed by atoms with E-state index in [0.717, 1.165) is 4.90 Å². The Balaban J connectivity index is 1.97. The number of hydrogen-bond acceptors (Lipinski definition) is 3. The third kappa shape index (κ3) is 2.23. The van der Waals surface area contributed by atoms with Gasteiger partial charge in [0.2, 0.25) is 11.8 Å². The molecule has 2 amide bonds. The van der Waals surface area contributed by atoms with Crippen molar-refractivity contribution < 1.29 is 19.5 Å². The summed E-state index contributed by atoms with van der Waals surface area (Å²) in [5.74, 6) is -2.53. The average Bonchev–Trinajstić information content (AvgIpc) is 2.70. The maximum atomic E-state index is 12.4. The van der Waals surface area contributed by atoms with E-state index < -0.39 is 17.8 Å². The van der Waals surface area contributed by atoms with Gasteiger partial charge in [0, 0.05) is 5.03 Å². The molecular weight excluding hydrogens is 294 g/mol. The second kappa shape index (κ2) is 5.00. The van der Waals surface area contributed by atoms with Crippen molar-refractivity contribution in [2.45, 2.75) is 12.8 Å². The van der Waals surface area contributed by atoms with Crippen molar-refractivity contribution in [1.29, 1.82) is 0 Å². The Kier molecular flexibility index (Phi) is 3.29. The third-order valence-electron chi connectivity index (χ3n) is 3.92. The zero-order chi connectivity index (χ0) is 15.1. The minimum absolute atomic E-state index is 0.0409. The van der Waals surface area contributed by atoms with Gasteiger partial charge in [0.25, 0.3) is 0 Å². The van der Waals surface area contributed by atoms with Gasteiger partial charge in [-0.25, -0.2) is 4.79 Å². The quantitative estimate of drug-likeness (QED) is 0.851. The van der Waals surface area contributed by atoms with Crippen LogP contribution in [0.25, 0.3) is 0 Å². The van der Waals surface area contributed by atoms with Crippen molar-refractivity contribution in [2.75, 3.05) is 4.90 Å². The first kappa shape index (κ1) is 13.8. The van der Waals surface area contributed by atoms with Gasteiger partial charge in [-0.05, 0) is 31.0 Å². The van der Waals surface area contributed by atoms with Crippen LogP contribution in [0.15, 0.2) is 35.4 Å². The molecule has 2 atom stereocenters. The third-order valence-corrected chi connectivity index (χ3v) is 4.23. The molecule has 1 aliphatic carbocycles. The molecule has 21 heavy (non-hydrogen) atoms. The second-order valence-electron chi connectivity index (χ2n) is 5.17. The van der Waals surface area contributed by atoms with Crippen LogP contribution in [0.3, 0.4) is 0 Å². The minimum atomic E-state index is -1.10. The standard InChI is InChI=1S/C15H12ClNO4/c16-9-4-5-11-12(7-9)14(19)17(13(11)18)10-3-1-2-8(6-10)15(20)21/h1-4,6,11-12H,5,7H2,(H,20,21)/t11-,12+/m1/s1. The van der Waals surface area contributed by atoms with E-state index >= 15 is 0 Å². The zero-order valence-corrected chi connectivity index (χ0v) is 11.7. The first-order chi connectivity index (χ1) is 9.99. The minimum Gasteiger partial charge on any atom is -0.478 e. The number of hydrogen-bond donors (Lipinski definition) is 1. The number of carbonyl (C=O) groups excluding carboxylic acids is 2. The maximum Gasteiger partial charge on any atom is 0.335 e. The molecule has 6 heteroatoms. The van der Waals surface area contributed by atoms with Gasteiger partial charge >= 0.3 is 5.97 Å². The van der Waals surface area contributed by atoms with E-state index in [4.69, 9.17) is 16.7 Å². The van der Waals surface area contributed by atoms with E-state index in [1.54, 1.807) is 12.1 Å². The van der Waals surface area contributed by atoms with E-state index in [9.17, 15) is 14.4 Å². The van der Waals surface area contributed by atoms with Gasteiger partial charge in [0.05, 0.1) is 23.1 Å². The number of amides is 2. The smallest absolute Gasteiger partial charge is 0.335 e. The molecule has 1 saturated heterocycles. The zero-order valence-electron chi connectivity index (χ0n) is 11.0. The van der Waals surface area contributed by atoms with Crippen molar-refractivity contribution in [3.63, 3.8) is 0 Å². The number of carboxylic acid groups (broad SMARTS) is 1. The molecule has 0 radical (unpaired) electrons. The number of rotatable bonds is 2. The molecule has 0 bridgehead atoms. The second-order valence-corrected chi connectivity index (χ2v) is 5.66. The van der Waals surface area contributed by atoms with Crippen molar-refractivity contribution in [3.05, 3.63) is 40.9 Å². The number of imide groups is 1. The summed E-state index contributed by atoms with van der Waals surface area (Å²) < 4.78 is 0. The van der Waals surface area contributed by atoms with E-state index in [1.807, 2.05) is 0 Å². The molecule has 108 valence electrons. The summed E-state index contributed by atoms with van der Waals surface area (Å²) in [5.41, 5.74) is 0.342. The molecule has 1 aromatic carbocycles. The van der Waals surface area contributed by atoms with Crippen LogP contribution in [0.2, 0.25) is 0 Å². The highest BCUT2D eigenvalue weighted by Crippen LogP contribution is 2.40. The molecule has 1 fully saturated rings. The Hall–Kier alpha value is -2.14. The molecule has 2 aliphatic rings. The molecule has 1 aromatic rings. The average molecular weight is 306 g/mol. The van der Waals surface area contributed by atoms with Crippen LogP contribution in [0, 0.1) is 11.8 Å². The number of halogens is 1. The van der Waals surface area contributed by atoms with Gasteiger partial charge in [-0.15, -0.1) is 0 Å². The van der Waals surface area contributed by atoms with Crippen LogP contribution < -0.4 is 4.90 Å². The summed E-state index contributed by atoms with van der Waals surface area (Å²) in [6.07, 6.45) is 2.58.